The van der Waals surface area contributed by atoms with E-state index < -0.39 is 37.0 Å². The maximum Gasteiger partial charge on any atom is 0.488 e. The Kier molecular flexibility index (Phi) is 21.5. The lowest BCUT2D eigenvalue weighted by molar-refractivity contribution is -0.143. The Hall–Kier alpha value is -8.58. The zero-order valence-electron chi connectivity index (χ0n) is 40.4. The first kappa shape index (κ1) is 54.8. The second-order valence-corrected chi connectivity index (χ2v) is 17.0. The molecule has 0 spiro atoms. The van der Waals surface area contributed by atoms with Gasteiger partial charge in [-0.15, -0.1) is 0 Å². The number of carbonyl (C=O) groups is 4. The summed E-state index contributed by atoms with van der Waals surface area (Å²) in [4.78, 5) is 65.8. The summed E-state index contributed by atoms with van der Waals surface area (Å²) in [5, 5.41) is 23.5. The molecule has 18 heteroatoms. The predicted octanol–water partition coefficient (Wildman–Crippen LogP) is 6.94. The van der Waals surface area contributed by atoms with Gasteiger partial charge in [-0.05, 0) is 73.5 Å². The number of esters is 2. The average Bonchev–Trinajstić information content (AvgIpc) is 3.45. The van der Waals surface area contributed by atoms with Crippen molar-refractivity contribution in [3.63, 3.8) is 0 Å². The molecule has 0 bridgehead atoms. The van der Waals surface area contributed by atoms with Crippen LogP contribution < -0.4 is 25.6 Å². The Labute approximate surface area is 437 Å². The molecule has 0 saturated heterocycles. The zero-order chi connectivity index (χ0) is 52.5. The molecule has 0 aliphatic carbocycles. The molecule has 4 N–H and O–H groups in total. The van der Waals surface area contributed by atoms with E-state index in [4.69, 9.17) is 29.0 Å². The summed E-state index contributed by atoms with van der Waals surface area (Å²) in [5.74, 6) is -1.83. The lowest BCUT2D eigenvalue weighted by atomic mass is 9.80. The fourth-order valence-corrected chi connectivity index (χ4v) is 7.04. The van der Waals surface area contributed by atoms with Gasteiger partial charge in [-0.2, -0.15) is 0 Å². The molecule has 0 aliphatic heterocycles. The highest BCUT2D eigenvalue weighted by Crippen LogP contribution is 2.20. The Morgan fingerprint density at radius 3 is 1.20 bits per heavy atom. The maximum atomic E-state index is 12.8. The molecule has 0 saturated carbocycles. The Bertz CT molecular complexity index is 2970. The van der Waals surface area contributed by atoms with Crippen molar-refractivity contribution in [2.24, 2.45) is 0 Å². The highest BCUT2D eigenvalue weighted by molar-refractivity contribution is 9.10. The van der Waals surface area contributed by atoms with E-state index >= 15 is 0 Å². The van der Waals surface area contributed by atoms with Crippen molar-refractivity contribution in [1.29, 1.82) is 0 Å². The molecule has 8 rings (SSSR count). The van der Waals surface area contributed by atoms with E-state index in [0.717, 1.165) is 37.9 Å². The minimum atomic E-state index is -1.59. The van der Waals surface area contributed by atoms with Crippen LogP contribution in [0.1, 0.15) is 43.0 Å². The molecule has 376 valence electrons. The molecule has 0 radical (unpaired) electrons. The molecule has 2 unspecified atom stereocenters. The molecule has 2 aromatic heterocycles. The number of nitrogens with one attached hydrogen (secondary N) is 2. The topological polar surface area (TPSA) is 221 Å². The Balaban J connectivity index is 0.000000197. The number of hydrogen-bond donors (Lipinski definition) is 4. The van der Waals surface area contributed by atoms with Gasteiger partial charge in [0.1, 0.15) is 25.3 Å². The highest BCUT2D eigenvalue weighted by Gasteiger charge is 2.24. The van der Waals surface area contributed by atoms with Gasteiger partial charge in [0.25, 0.3) is 11.8 Å². The monoisotopic (exact) mass is 1060 g/mol. The van der Waals surface area contributed by atoms with Gasteiger partial charge in [-0.25, -0.2) is 29.5 Å². The standard InChI is InChI=1S/C28H25N3O4.C17H18BNO5.C11H9BrN2O/c1-34-27(33)25(16-20-8-4-2-5-9-20)31-26(32)23-14-12-22(13-15-23)24-17-29-28(30-18-24)35-19-21-10-6-3-7-11-21;1-24-17(21)15(11-12-5-3-2-4-6-12)19-16(20)13-7-9-14(10-8-13)18(22)23;12-10-6-13-11(14-7-10)15-8-9-4-2-1-3-5-9/h2-15,17-18,25H,16,19H2,1H3,(H,31,32);2-10,15,22-23H,11H2,1H3,(H,19,20);1-7H,8H2. The van der Waals surface area contributed by atoms with Crippen molar-refractivity contribution in [2.45, 2.75) is 38.1 Å². The van der Waals surface area contributed by atoms with Crippen LogP contribution in [0.15, 0.2) is 199 Å². The lowest BCUT2D eigenvalue weighted by Gasteiger charge is -2.17. The second kappa shape index (κ2) is 29.1. The van der Waals surface area contributed by atoms with Gasteiger partial charge in [0.2, 0.25) is 0 Å². The number of carbonyl (C=O) groups excluding carboxylic acids is 4. The van der Waals surface area contributed by atoms with Crippen LogP contribution in [0.4, 0.5) is 0 Å². The first-order valence-electron chi connectivity index (χ1n) is 23.0. The van der Waals surface area contributed by atoms with E-state index in [1.165, 1.54) is 38.5 Å². The minimum absolute atomic E-state index is 0.278. The summed E-state index contributed by atoms with van der Waals surface area (Å²) in [5.41, 5.74) is 6.62. The summed E-state index contributed by atoms with van der Waals surface area (Å²) in [6.07, 6.45) is 7.33. The normalized spacial score (nSPS) is 11.1. The van der Waals surface area contributed by atoms with Gasteiger partial charge < -0.3 is 39.6 Å². The number of aromatic nitrogens is 4. The molecule has 2 amide bonds. The largest absolute Gasteiger partial charge is 0.488 e. The smallest absolute Gasteiger partial charge is 0.467 e. The fourth-order valence-electron chi connectivity index (χ4n) is 6.83. The van der Waals surface area contributed by atoms with Crippen LogP contribution in [-0.2, 0) is 45.1 Å². The van der Waals surface area contributed by atoms with E-state index in [1.54, 1.807) is 36.9 Å². The summed E-state index contributed by atoms with van der Waals surface area (Å²) >= 11 is 3.26. The zero-order valence-corrected chi connectivity index (χ0v) is 41.9. The van der Waals surface area contributed by atoms with Gasteiger partial charge in [0.15, 0.2) is 0 Å². The van der Waals surface area contributed by atoms with Crippen LogP contribution in [0, 0.1) is 0 Å². The SMILES string of the molecule is Brc1cnc(OCc2ccccc2)nc1.COC(=O)C(Cc1ccccc1)NC(=O)c1ccc(-c2cnc(OCc3ccccc3)nc2)cc1.COC(=O)C(Cc1ccccc1)NC(=O)c1ccc(B(O)O)cc1. The van der Waals surface area contributed by atoms with Gasteiger partial charge in [0.05, 0.1) is 18.7 Å². The number of rotatable bonds is 18. The van der Waals surface area contributed by atoms with E-state index in [-0.39, 0.29) is 11.4 Å². The third-order valence-electron chi connectivity index (χ3n) is 10.7. The van der Waals surface area contributed by atoms with E-state index in [2.05, 4.69) is 46.5 Å². The molecule has 6 aromatic carbocycles. The van der Waals surface area contributed by atoms with Crippen LogP contribution in [0.25, 0.3) is 11.1 Å². The molecule has 2 heterocycles. The summed E-state index contributed by atoms with van der Waals surface area (Å²) < 4.78 is 21.5. The number of methoxy groups -OCH3 is 2. The van der Waals surface area contributed by atoms with E-state index in [0.29, 0.717) is 49.2 Å². The van der Waals surface area contributed by atoms with Crippen LogP contribution in [0.5, 0.6) is 12.0 Å². The molecule has 0 fully saturated rings. The quantitative estimate of drug-likeness (QED) is 0.0506. The van der Waals surface area contributed by atoms with E-state index in [9.17, 15) is 19.2 Å². The number of nitrogens with zero attached hydrogens (tertiary/aromatic N) is 4. The minimum Gasteiger partial charge on any atom is -0.467 e. The van der Waals surface area contributed by atoms with Crippen molar-refractivity contribution >= 4 is 52.3 Å². The summed E-state index contributed by atoms with van der Waals surface area (Å²) in [6, 6.07) is 50.4. The maximum absolute atomic E-state index is 12.8. The van der Waals surface area contributed by atoms with Gasteiger partial charge in [0, 0.05) is 54.3 Å². The number of hydrogen-bond acceptors (Lipinski definition) is 14. The summed E-state index contributed by atoms with van der Waals surface area (Å²) in [7, 11) is 0.980. The first-order valence-corrected chi connectivity index (χ1v) is 23.8. The van der Waals surface area contributed by atoms with Crippen molar-refractivity contribution < 1.29 is 48.2 Å². The van der Waals surface area contributed by atoms with Gasteiger partial charge in [-0.3, -0.25) is 9.59 Å². The molecular formula is C56H52BBrN6O10. The molecule has 2 atom stereocenters. The van der Waals surface area contributed by atoms with Crippen molar-refractivity contribution in [2.75, 3.05) is 14.2 Å². The Morgan fingerprint density at radius 1 is 0.486 bits per heavy atom. The first-order chi connectivity index (χ1) is 36.0. The van der Waals surface area contributed by atoms with Crippen LogP contribution in [0.2, 0.25) is 0 Å². The molecular weight excluding hydrogens is 1010 g/mol. The Morgan fingerprint density at radius 2 is 0.838 bits per heavy atom. The van der Waals surface area contributed by atoms with E-state index in [1.807, 2.05) is 133 Å². The number of amides is 2. The average molecular weight is 1060 g/mol. The number of halogens is 1. The third kappa shape index (κ3) is 17.9. The van der Waals surface area contributed by atoms with Gasteiger partial charge >= 0.3 is 31.1 Å². The highest BCUT2D eigenvalue weighted by atomic mass is 79.9. The van der Waals surface area contributed by atoms with Crippen molar-refractivity contribution in [3.8, 4) is 23.1 Å². The summed E-state index contributed by atoms with van der Waals surface area (Å²) in [6.45, 7) is 0.878. The molecule has 0 aliphatic rings. The second-order valence-electron chi connectivity index (χ2n) is 16.0. The fraction of sp³-hybridized carbons (Fsp3) is 0.143. The van der Waals surface area contributed by atoms with Crippen LogP contribution in [-0.4, -0.2) is 87.2 Å². The molecule has 16 nitrogen and oxygen atoms in total. The molecule has 74 heavy (non-hydrogen) atoms. The van der Waals surface area contributed by atoms with Crippen molar-refractivity contribution in [3.05, 3.63) is 232 Å². The van der Waals surface area contributed by atoms with Crippen molar-refractivity contribution in [1.82, 2.24) is 30.6 Å². The predicted molar refractivity (Wildman–Crippen MR) is 282 cm³/mol. The molecule has 8 aromatic rings. The number of benzene rings is 6. The van der Waals surface area contributed by atoms with Crippen LogP contribution >= 0.6 is 15.9 Å². The van der Waals surface area contributed by atoms with Crippen LogP contribution in [0.3, 0.4) is 0 Å². The lowest BCUT2D eigenvalue weighted by Crippen LogP contribution is -2.43. The van der Waals surface area contributed by atoms with Gasteiger partial charge in [-0.1, -0.05) is 146 Å². The third-order valence-corrected chi connectivity index (χ3v) is 11.2. The number of ether oxygens (including phenoxy) is 4.